The van der Waals surface area contributed by atoms with Crippen molar-refractivity contribution in [2.24, 2.45) is 0 Å². The number of aryl methyl sites for hydroxylation is 1. The first-order valence-electron chi connectivity index (χ1n) is 6.82. The zero-order valence-corrected chi connectivity index (χ0v) is 13.7. The quantitative estimate of drug-likeness (QED) is 0.770. The van der Waals surface area contributed by atoms with Crippen LogP contribution in [0.1, 0.15) is 29.9 Å². The van der Waals surface area contributed by atoms with Crippen molar-refractivity contribution in [3.05, 3.63) is 51.9 Å². The van der Waals surface area contributed by atoms with Gasteiger partial charge in [-0.05, 0) is 39.7 Å². The molecule has 0 fully saturated rings. The zero-order chi connectivity index (χ0) is 15.2. The van der Waals surface area contributed by atoms with Crippen molar-refractivity contribution in [2.45, 2.75) is 19.4 Å². The molecule has 0 spiro atoms. The molecular formula is C16H19BrO4. The summed E-state index contributed by atoms with van der Waals surface area (Å²) in [5, 5.41) is 10.5. The summed E-state index contributed by atoms with van der Waals surface area (Å²) in [5.41, 5.74) is 1.59. The molecular weight excluding hydrogens is 336 g/mol. The largest absolute Gasteiger partial charge is 0.490 e. The summed E-state index contributed by atoms with van der Waals surface area (Å²) in [6.07, 6.45) is 1.65. The summed E-state index contributed by atoms with van der Waals surface area (Å²) in [6.45, 7) is 3.02. The second kappa shape index (κ2) is 7.64. The van der Waals surface area contributed by atoms with Crippen molar-refractivity contribution < 1.29 is 19.0 Å². The highest BCUT2D eigenvalue weighted by molar-refractivity contribution is 9.10. The van der Waals surface area contributed by atoms with Gasteiger partial charge in [0.25, 0.3) is 0 Å². The van der Waals surface area contributed by atoms with Crippen LogP contribution in [-0.4, -0.2) is 25.4 Å². The van der Waals surface area contributed by atoms with Gasteiger partial charge in [-0.3, -0.25) is 0 Å². The predicted molar refractivity (Wildman–Crippen MR) is 83.7 cm³/mol. The molecule has 0 saturated carbocycles. The summed E-state index contributed by atoms with van der Waals surface area (Å²) in [4.78, 5) is 0. The van der Waals surface area contributed by atoms with Gasteiger partial charge >= 0.3 is 0 Å². The molecule has 2 aromatic rings. The lowest BCUT2D eigenvalue weighted by molar-refractivity contribution is 0.146. The number of benzene rings is 1. The lowest BCUT2D eigenvalue weighted by Crippen LogP contribution is -2.05. The number of rotatable bonds is 7. The number of hydrogen-bond acceptors (Lipinski definition) is 4. The van der Waals surface area contributed by atoms with Crippen LogP contribution >= 0.6 is 15.9 Å². The van der Waals surface area contributed by atoms with Crippen molar-refractivity contribution in [1.82, 2.24) is 0 Å². The maximum absolute atomic E-state index is 10.5. The standard InChI is InChI=1S/C16H19BrO4/c1-3-14-12(6-7-20-14)16(18)11-4-5-15(13(17)10-11)21-9-8-19-2/h4-7,10,16,18H,3,8-9H2,1-2H3. The van der Waals surface area contributed by atoms with E-state index < -0.39 is 6.10 Å². The number of halogens is 1. The molecule has 0 saturated heterocycles. The van der Waals surface area contributed by atoms with Gasteiger partial charge in [0.15, 0.2) is 0 Å². The molecule has 1 unspecified atom stereocenters. The highest BCUT2D eigenvalue weighted by Gasteiger charge is 2.17. The fraction of sp³-hybridized carbons (Fsp3) is 0.375. The van der Waals surface area contributed by atoms with E-state index >= 15 is 0 Å². The van der Waals surface area contributed by atoms with Crippen LogP contribution in [0.4, 0.5) is 0 Å². The fourth-order valence-electron chi connectivity index (χ4n) is 2.10. The minimum Gasteiger partial charge on any atom is -0.490 e. The van der Waals surface area contributed by atoms with Crippen molar-refractivity contribution in [2.75, 3.05) is 20.3 Å². The summed E-state index contributed by atoms with van der Waals surface area (Å²) < 4.78 is 16.7. The van der Waals surface area contributed by atoms with Crippen LogP contribution in [0.3, 0.4) is 0 Å². The van der Waals surface area contributed by atoms with Crippen LogP contribution in [-0.2, 0) is 11.2 Å². The molecule has 114 valence electrons. The Morgan fingerprint density at radius 1 is 1.29 bits per heavy atom. The van der Waals surface area contributed by atoms with E-state index in [0.29, 0.717) is 13.2 Å². The maximum atomic E-state index is 10.5. The monoisotopic (exact) mass is 354 g/mol. The fourth-order valence-corrected chi connectivity index (χ4v) is 2.61. The second-order valence-corrected chi connectivity index (χ2v) is 5.44. The number of furan rings is 1. The molecule has 0 amide bonds. The van der Waals surface area contributed by atoms with Gasteiger partial charge in [-0.2, -0.15) is 0 Å². The SMILES string of the molecule is CCc1occc1C(O)c1ccc(OCCOC)c(Br)c1. The molecule has 21 heavy (non-hydrogen) atoms. The highest BCUT2D eigenvalue weighted by atomic mass is 79.9. The second-order valence-electron chi connectivity index (χ2n) is 4.59. The Balaban J connectivity index is 2.15. The third-order valence-corrected chi connectivity index (χ3v) is 3.83. The summed E-state index contributed by atoms with van der Waals surface area (Å²) >= 11 is 3.47. The Labute approximate surface area is 132 Å². The zero-order valence-electron chi connectivity index (χ0n) is 12.1. The van der Waals surface area contributed by atoms with Crippen LogP contribution in [0.15, 0.2) is 39.4 Å². The third kappa shape index (κ3) is 3.87. The predicted octanol–water partition coefficient (Wildman–Crippen LogP) is 3.71. The molecule has 0 aliphatic carbocycles. The van der Waals surface area contributed by atoms with Gasteiger partial charge in [-0.1, -0.05) is 13.0 Å². The van der Waals surface area contributed by atoms with Crippen molar-refractivity contribution >= 4 is 15.9 Å². The minimum absolute atomic E-state index is 0.485. The molecule has 1 aromatic heterocycles. The van der Waals surface area contributed by atoms with Gasteiger partial charge in [0.05, 0.1) is 17.3 Å². The van der Waals surface area contributed by atoms with Crippen LogP contribution < -0.4 is 4.74 Å². The van der Waals surface area contributed by atoms with E-state index in [0.717, 1.165) is 33.5 Å². The van der Waals surface area contributed by atoms with Gasteiger partial charge in [-0.15, -0.1) is 0 Å². The van der Waals surface area contributed by atoms with Crippen LogP contribution in [0.5, 0.6) is 5.75 Å². The molecule has 0 aliphatic heterocycles. The van der Waals surface area contributed by atoms with Crippen molar-refractivity contribution in [3.8, 4) is 5.75 Å². The first-order chi connectivity index (χ1) is 10.2. The lowest BCUT2D eigenvalue weighted by atomic mass is 10.0. The number of hydrogen-bond donors (Lipinski definition) is 1. The first kappa shape index (κ1) is 16.1. The summed E-state index contributed by atoms with van der Waals surface area (Å²) in [5.74, 6) is 1.53. The number of aliphatic hydroxyl groups excluding tert-OH is 1. The molecule has 5 heteroatoms. The van der Waals surface area contributed by atoms with Crippen molar-refractivity contribution in [3.63, 3.8) is 0 Å². The van der Waals surface area contributed by atoms with E-state index in [1.807, 2.05) is 25.1 Å². The molecule has 2 rings (SSSR count). The Bertz CT molecular complexity index is 579. The molecule has 1 N–H and O–H groups in total. The molecule has 0 bridgehead atoms. The van der Waals surface area contributed by atoms with E-state index in [2.05, 4.69) is 15.9 Å². The van der Waals surface area contributed by atoms with Gasteiger partial charge < -0.3 is 19.0 Å². The van der Waals surface area contributed by atoms with E-state index in [-0.39, 0.29) is 0 Å². The van der Waals surface area contributed by atoms with Gasteiger partial charge in [0.1, 0.15) is 24.2 Å². The van der Waals surface area contributed by atoms with Crippen LogP contribution in [0.2, 0.25) is 0 Å². The number of ether oxygens (including phenoxy) is 2. The van der Waals surface area contributed by atoms with E-state index in [9.17, 15) is 5.11 Å². The molecule has 1 atom stereocenters. The minimum atomic E-state index is -0.706. The van der Waals surface area contributed by atoms with E-state index in [1.54, 1.807) is 19.4 Å². The summed E-state index contributed by atoms with van der Waals surface area (Å²) in [6, 6.07) is 7.35. The third-order valence-electron chi connectivity index (χ3n) is 3.21. The molecule has 0 aliphatic rings. The Morgan fingerprint density at radius 3 is 2.76 bits per heavy atom. The topological polar surface area (TPSA) is 51.8 Å². The molecule has 0 radical (unpaired) electrons. The van der Waals surface area contributed by atoms with E-state index in [4.69, 9.17) is 13.9 Å². The van der Waals surface area contributed by atoms with E-state index in [1.165, 1.54) is 0 Å². The number of aliphatic hydroxyl groups is 1. The van der Waals surface area contributed by atoms with Gasteiger partial charge in [0.2, 0.25) is 0 Å². The summed E-state index contributed by atoms with van der Waals surface area (Å²) in [7, 11) is 1.63. The molecule has 4 nitrogen and oxygen atoms in total. The van der Waals surface area contributed by atoms with Crippen LogP contribution in [0, 0.1) is 0 Å². The Hall–Kier alpha value is -1.30. The number of methoxy groups -OCH3 is 1. The van der Waals surface area contributed by atoms with Crippen LogP contribution in [0.25, 0.3) is 0 Å². The van der Waals surface area contributed by atoms with Crippen molar-refractivity contribution in [1.29, 1.82) is 0 Å². The van der Waals surface area contributed by atoms with Gasteiger partial charge in [0, 0.05) is 19.1 Å². The van der Waals surface area contributed by atoms with Gasteiger partial charge in [-0.25, -0.2) is 0 Å². The maximum Gasteiger partial charge on any atom is 0.133 e. The Morgan fingerprint density at radius 2 is 2.10 bits per heavy atom. The normalized spacial score (nSPS) is 12.4. The molecule has 1 heterocycles. The smallest absolute Gasteiger partial charge is 0.133 e. The molecule has 1 aromatic carbocycles. The Kier molecular flexibility index (Phi) is 5.85. The first-order valence-corrected chi connectivity index (χ1v) is 7.62. The highest BCUT2D eigenvalue weighted by Crippen LogP contribution is 2.32. The average molecular weight is 355 g/mol. The lowest BCUT2D eigenvalue weighted by Gasteiger charge is -2.13. The average Bonchev–Trinajstić information content (AvgIpc) is 2.96.